The lowest BCUT2D eigenvalue weighted by Crippen LogP contribution is -2.07. The summed E-state index contributed by atoms with van der Waals surface area (Å²) in [6, 6.07) is 15.8. The van der Waals surface area contributed by atoms with E-state index in [0.717, 1.165) is 33.5 Å². The SMILES string of the molecule is COc1ccc2c(C)c(-c3ccccc3)n(C(C)=O)c2c1. The first kappa shape index (κ1) is 13.4. The second kappa shape index (κ2) is 5.09. The van der Waals surface area contributed by atoms with Crippen LogP contribution >= 0.6 is 0 Å². The van der Waals surface area contributed by atoms with Crippen molar-refractivity contribution in [1.82, 2.24) is 4.57 Å². The van der Waals surface area contributed by atoms with E-state index >= 15 is 0 Å². The fourth-order valence-electron chi connectivity index (χ4n) is 2.82. The summed E-state index contributed by atoms with van der Waals surface area (Å²) in [5.74, 6) is 0.752. The number of benzene rings is 2. The zero-order valence-electron chi connectivity index (χ0n) is 12.4. The summed E-state index contributed by atoms with van der Waals surface area (Å²) in [6.07, 6.45) is 0. The van der Waals surface area contributed by atoms with Gasteiger partial charge in [0, 0.05) is 18.4 Å². The van der Waals surface area contributed by atoms with Crippen LogP contribution in [0.25, 0.3) is 22.2 Å². The van der Waals surface area contributed by atoms with Gasteiger partial charge in [-0.25, -0.2) is 0 Å². The first-order valence-corrected chi connectivity index (χ1v) is 6.89. The maximum atomic E-state index is 12.2. The van der Waals surface area contributed by atoms with E-state index in [0.29, 0.717) is 0 Å². The van der Waals surface area contributed by atoms with E-state index in [1.807, 2.05) is 48.5 Å². The summed E-state index contributed by atoms with van der Waals surface area (Å²) in [5, 5.41) is 1.07. The van der Waals surface area contributed by atoms with E-state index < -0.39 is 0 Å². The third-order valence-electron chi connectivity index (χ3n) is 3.79. The summed E-state index contributed by atoms with van der Waals surface area (Å²) < 4.78 is 7.05. The van der Waals surface area contributed by atoms with Crippen LogP contribution in [0.2, 0.25) is 0 Å². The maximum absolute atomic E-state index is 12.2. The van der Waals surface area contributed by atoms with E-state index in [1.54, 1.807) is 18.6 Å². The predicted octanol–water partition coefficient (Wildman–Crippen LogP) is 4.29. The molecule has 3 aromatic rings. The molecular formula is C18H17NO2. The highest BCUT2D eigenvalue weighted by Crippen LogP contribution is 2.34. The van der Waals surface area contributed by atoms with Crippen molar-refractivity contribution in [2.75, 3.05) is 7.11 Å². The molecule has 0 fully saturated rings. The van der Waals surface area contributed by atoms with Gasteiger partial charge >= 0.3 is 0 Å². The number of hydrogen-bond acceptors (Lipinski definition) is 2. The van der Waals surface area contributed by atoms with Crippen LogP contribution in [0.4, 0.5) is 0 Å². The molecule has 0 saturated heterocycles. The van der Waals surface area contributed by atoms with Crippen LogP contribution in [0, 0.1) is 6.92 Å². The van der Waals surface area contributed by atoms with Gasteiger partial charge in [0.05, 0.1) is 18.3 Å². The van der Waals surface area contributed by atoms with Gasteiger partial charge < -0.3 is 4.74 Å². The molecule has 3 heteroatoms. The van der Waals surface area contributed by atoms with Gasteiger partial charge in [-0.3, -0.25) is 9.36 Å². The Morgan fingerprint density at radius 3 is 2.43 bits per heavy atom. The molecule has 0 bridgehead atoms. The van der Waals surface area contributed by atoms with Crippen LogP contribution in [-0.2, 0) is 0 Å². The molecule has 21 heavy (non-hydrogen) atoms. The number of rotatable bonds is 2. The van der Waals surface area contributed by atoms with Gasteiger partial charge in [0.15, 0.2) is 0 Å². The fraction of sp³-hybridized carbons (Fsp3) is 0.167. The Morgan fingerprint density at radius 2 is 1.81 bits per heavy atom. The molecule has 106 valence electrons. The Hall–Kier alpha value is -2.55. The lowest BCUT2D eigenvalue weighted by molar-refractivity contribution is 0.0943. The quantitative estimate of drug-likeness (QED) is 0.701. The minimum atomic E-state index is 0.000191. The summed E-state index contributed by atoms with van der Waals surface area (Å²) >= 11 is 0. The molecular weight excluding hydrogens is 262 g/mol. The number of fused-ring (bicyclic) bond motifs is 1. The van der Waals surface area contributed by atoms with Gasteiger partial charge in [-0.15, -0.1) is 0 Å². The average Bonchev–Trinajstić information content (AvgIpc) is 2.80. The topological polar surface area (TPSA) is 31.2 Å². The molecule has 0 radical (unpaired) electrons. The number of carbonyl (C=O) groups is 1. The second-order valence-corrected chi connectivity index (χ2v) is 5.08. The molecule has 0 atom stereocenters. The van der Waals surface area contributed by atoms with E-state index in [1.165, 1.54) is 0 Å². The van der Waals surface area contributed by atoms with Gasteiger partial charge in [0.2, 0.25) is 5.91 Å². The molecule has 3 nitrogen and oxygen atoms in total. The van der Waals surface area contributed by atoms with E-state index in [2.05, 4.69) is 6.92 Å². The van der Waals surface area contributed by atoms with Crippen LogP contribution in [-0.4, -0.2) is 17.6 Å². The zero-order valence-corrected chi connectivity index (χ0v) is 12.4. The summed E-state index contributed by atoms with van der Waals surface area (Å²) in [6.45, 7) is 3.64. The Balaban J connectivity index is 2.41. The lowest BCUT2D eigenvalue weighted by atomic mass is 10.1. The van der Waals surface area contributed by atoms with Crippen LogP contribution in [0.15, 0.2) is 48.5 Å². The second-order valence-electron chi connectivity index (χ2n) is 5.08. The van der Waals surface area contributed by atoms with E-state index in [4.69, 9.17) is 4.74 Å². The van der Waals surface area contributed by atoms with Gasteiger partial charge in [-0.2, -0.15) is 0 Å². The summed E-state index contributed by atoms with van der Waals surface area (Å²) in [7, 11) is 1.63. The third kappa shape index (κ3) is 2.11. The predicted molar refractivity (Wildman–Crippen MR) is 85.0 cm³/mol. The van der Waals surface area contributed by atoms with Gasteiger partial charge in [-0.05, 0) is 30.2 Å². The minimum absolute atomic E-state index is 0.000191. The van der Waals surface area contributed by atoms with E-state index in [-0.39, 0.29) is 5.91 Å². The van der Waals surface area contributed by atoms with Gasteiger partial charge in [0.25, 0.3) is 0 Å². The molecule has 3 rings (SSSR count). The molecule has 0 amide bonds. The highest BCUT2D eigenvalue weighted by Gasteiger charge is 2.18. The van der Waals surface area contributed by atoms with Gasteiger partial charge in [0.1, 0.15) is 5.75 Å². The number of aromatic nitrogens is 1. The van der Waals surface area contributed by atoms with Crippen LogP contribution in [0.3, 0.4) is 0 Å². The number of nitrogens with zero attached hydrogens (tertiary/aromatic N) is 1. The normalized spacial score (nSPS) is 10.8. The van der Waals surface area contributed by atoms with Gasteiger partial charge in [-0.1, -0.05) is 30.3 Å². The number of carbonyl (C=O) groups excluding carboxylic acids is 1. The van der Waals surface area contributed by atoms with Crippen molar-refractivity contribution in [2.24, 2.45) is 0 Å². The number of hydrogen-bond donors (Lipinski definition) is 0. The van der Waals surface area contributed by atoms with Crippen LogP contribution in [0.1, 0.15) is 17.3 Å². The fourth-order valence-corrected chi connectivity index (χ4v) is 2.82. The highest BCUT2D eigenvalue weighted by molar-refractivity contribution is 6.01. The van der Waals surface area contributed by atoms with Crippen molar-refractivity contribution in [3.8, 4) is 17.0 Å². The van der Waals surface area contributed by atoms with Crippen molar-refractivity contribution in [2.45, 2.75) is 13.8 Å². The van der Waals surface area contributed by atoms with Crippen molar-refractivity contribution >= 4 is 16.8 Å². The molecule has 0 unspecified atom stereocenters. The highest BCUT2D eigenvalue weighted by atomic mass is 16.5. The van der Waals surface area contributed by atoms with Crippen LogP contribution in [0.5, 0.6) is 5.75 Å². The Morgan fingerprint density at radius 1 is 1.10 bits per heavy atom. The Kier molecular flexibility index (Phi) is 3.26. The monoisotopic (exact) mass is 279 g/mol. The van der Waals surface area contributed by atoms with Crippen molar-refractivity contribution in [1.29, 1.82) is 0 Å². The molecule has 1 aromatic heterocycles. The Labute approximate surface area is 123 Å². The first-order chi connectivity index (χ1) is 10.1. The van der Waals surface area contributed by atoms with Crippen molar-refractivity contribution < 1.29 is 9.53 Å². The molecule has 1 heterocycles. The maximum Gasteiger partial charge on any atom is 0.228 e. The van der Waals surface area contributed by atoms with Crippen molar-refractivity contribution in [3.63, 3.8) is 0 Å². The Bertz CT molecular complexity index is 816. The van der Waals surface area contributed by atoms with E-state index in [9.17, 15) is 4.79 Å². The number of aryl methyl sites for hydroxylation is 1. The number of methoxy groups -OCH3 is 1. The molecule has 0 saturated carbocycles. The molecule has 0 N–H and O–H groups in total. The largest absolute Gasteiger partial charge is 0.497 e. The minimum Gasteiger partial charge on any atom is -0.497 e. The lowest BCUT2D eigenvalue weighted by Gasteiger charge is -2.08. The molecule has 0 spiro atoms. The number of ether oxygens (including phenoxy) is 1. The molecule has 0 aliphatic heterocycles. The standard InChI is InChI=1S/C18H17NO2/c1-12-16-10-9-15(21-3)11-17(16)19(13(2)20)18(12)14-7-5-4-6-8-14/h4-11H,1-3H3. The summed E-state index contributed by atoms with van der Waals surface area (Å²) in [5.41, 5.74) is 3.99. The molecule has 0 aliphatic rings. The summed E-state index contributed by atoms with van der Waals surface area (Å²) in [4.78, 5) is 12.2. The van der Waals surface area contributed by atoms with Crippen LogP contribution < -0.4 is 4.74 Å². The third-order valence-corrected chi connectivity index (χ3v) is 3.79. The van der Waals surface area contributed by atoms with Crippen molar-refractivity contribution in [3.05, 3.63) is 54.1 Å². The average molecular weight is 279 g/mol. The first-order valence-electron chi connectivity index (χ1n) is 6.89. The molecule has 0 aliphatic carbocycles. The molecule has 2 aromatic carbocycles. The zero-order chi connectivity index (χ0) is 15.0. The smallest absolute Gasteiger partial charge is 0.228 e.